The van der Waals surface area contributed by atoms with Crippen LogP contribution in [0.25, 0.3) is 0 Å². The van der Waals surface area contributed by atoms with Crippen molar-refractivity contribution in [2.75, 3.05) is 0 Å². The minimum absolute atomic E-state index is 0.786. The fraction of sp³-hybridized carbons (Fsp3) is 0.818. The highest BCUT2D eigenvalue weighted by molar-refractivity contribution is 7.78. The van der Waals surface area contributed by atoms with Gasteiger partial charge in [0.15, 0.2) is 0 Å². The molecule has 3 heteroatoms. The lowest BCUT2D eigenvalue weighted by Crippen LogP contribution is -2.46. The van der Waals surface area contributed by atoms with E-state index in [1.165, 1.54) is 43.3 Å². The normalized spacial score (nSPS) is 43.9. The number of thiocarbonyl (C=S) groups is 1. The highest BCUT2D eigenvalue weighted by Crippen LogP contribution is 2.52. The van der Waals surface area contributed by atoms with Crippen LogP contribution in [0.5, 0.6) is 0 Å². The van der Waals surface area contributed by atoms with Crippen molar-refractivity contribution < 1.29 is 0 Å². The van der Waals surface area contributed by atoms with Crippen molar-refractivity contribution in [2.24, 2.45) is 28.8 Å². The lowest BCUT2D eigenvalue weighted by molar-refractivity contribution is 0.108. The summed E-state index contributed by atoms with van der Waals surface area (Å²) in [5, 5.41) is 4.45. The summed E-state index contributed by atoms with van der Waals surface area (Å²) < 4.78 is 0. The molecule has 0 aromatic rings. The van der Waals surface area contributed by atoms with Crippen LogP contribution in [0, 0.1) is 23.7 Å². The molecular weight excluding hydrogens is 192 g/mol. The topological polar surface area (TPSA) is 24.4 Å². The summed E-state index contributed by atoms with van der Waals surface area (Å²) in [4.78, 5) is 0. The molecule has 0 aliphatic heterocycles. The Hall–Kier alpha value is -0.440. The van der Waals surface area contributed by atoms with Gasteiger partial charge in [-0.15, -0.1) is 0 Å². The zero-order valence-corrected chi connectivity index (χ0v) is 9.09. The Labute approximate surface area is 90.1 Å². The monoisotopic (exact) mass is 208 g/mol. The Balaban J connectivity index is 1.84. The lowest BCUT2D eigenvalue weighted by atomic mass is 9.55. The molecule has 4 aliphatic rings. The number of hydrazone groups is 1. The van der Waals surface area contributed by atoms with E-state index in [0.717, 1.165) is 23.7 Å². The van der Waals surface area contributed by atoms with Gasteiger partial charge in [-0.3, -0.25) is 5.43 Å². The van der Waals surface area contributed by atoms with Gasteiger partial charge in [-0.05, 0) is 55.8 Å². The van der Waals surface area contributed by atoms with Crippen LogP contribution in [0.3, 0.4) is 0 Å². The molecule has 4 aliphatic carbocycles. The van der Waals surface area contributed by atoms with E-state index in [1.807, 2.05) is 0 Å². The van der Waals surface area contributed by atoms with Gasteiger partial charge >= 0.3 is 0 Å². The van der Waals surface area contributed by atoms with Crippen LogP contribution in [-0.2, 0) is 0 Å². The third-order valence-electron chi connectivity index (χ3n) is 4.22. The summed E-state index contributed by atoms with van der Waals surface area (Å²) in [6, 6.07) is 0. The molecule has 0 aromatic carbocycles. The van der Waals surface area contributed by atoms with E-state index in [9.17, 15) is 0 Å². The quantitative estimate of drug-likeness (QED) is 0.556. The van der Waals surface area contributed by atoms with Crippen molar-refractivity contribution in [1.29, 1.82) is 0 Å². The molecular formula is C11H16N2S. The molecule has 4 rings (SSSR count). The van der Waals surface area contributed by atoms with E-state index >= 15 is 0 Å². The van der Waals surface area contributed by atoms with Crippen molar-refractivity contribution in [3.05, 3.63) is 0 Å². The van der Waals surface area contributed by atoms with Gasteiger partial charge in [0.2, 0.25) is 0 Å². The molecule has 4 saturated carbocycles. The number of nitrogens with zero attached hydrogens (tertiary/aromatic N) is 1. The number of hydrogen-bond acceptors (Lipinski definition) is 2. The summed E-state index contributed by atoms with van der Waals surface area (Å²) in [5.74, 6) is 3.61. The number of rotatable bonds is 2. The first-order valence-corrected chi connectivity index (χ1v) is 6.10. The first kappa shape index (κ1) is 8.84. The Morgan fingerprint density at radius 2 is 1.64 bits per heavy atom. The maximum Gasteiger partial charge on any atom is 0.0829 e. The summed E-state index contributed by atoms with van der Waals surface area (Å²) >= 11 is 4.74. The smallest absolute Gasteiger partial charge is 0.0829 e. The molecule has 0 radical (unpaired) electrons. The van der Waals surface area contributed by atoms with Crippen molar-refractivity contribution in [3.63, 3.8) is 0 Å². The van der Waals surface area contributed by atoms with Crippen LogP contribution >= 0.6 is 12.2 Å². The Morgan fingerprint density at radius 1 is 1.07 bits per heavy atom. The van der Waals surface area contributed by atoms with Gasteiger partial charge in [0.05, 0.1) is 5.49 Å². The summed E-state index contributed by atoms with van der Waals surface area (Å²) in [5.41, 5.74) is 5.79. The largest absolute Gasteiger partial charge is 0.275 e. The summed E-state index contributed by atoms with van der Waals surface area (Å²) in [6.45, 7) is 0. The van der Waals surface area contributed by atoms with E-state index < -0.39 is 0 Å². The Kier molecular flexibility index (Phi) is 2.08. The molecule has 0 spiro atoms. The number of nitrogens with one attached hydrogen (secondary N) is 1. The molecule has 0 heterocycles. The first-order valence-electron chi connectivity index (χ1n) is 5.63. The average Bonchev–Trinajstić information content (AvgIpc) is 2.15. The second-order valence-electron chi connectivity index (χ2n) is 5.09. The van der Waals surface area contributed by atoms with Crippen molar-refractivity contribution in [1.82, 2.24) is 5.43 Å². The molecule has 4 fully saturated rings. The average molecular weight is 208 g/mol. The molecule has 1 N–H and O–H groups in total. The zero-order valence-electron chi connectivity index (χ0n) is 8.28. The molecule has 76 valence electrons. The number of hydrogen-bond donors (Lipinski definition) is 1. The second kappa shape index (κ2) is 3.30. The lowest BCUT2D eigenvalue weighted by Gasteiger charge is -2.50. The molecule has 0 aromatic heterocycles. The Morgan fingerprint density at radius 3 is 2.14 bits per heavy atom. The standard InChI is InChI=1S/C11H16N2S/c14-6-12-13-11-9-2-7-1-8(4-9)5-10(11)3-7/h6-10H,1-5H2,(H,12,14). The third kappa shape index (κ3) is 1.29. The molecule has 0 atom stereocenters. The molecule has 0 saturated heterocycles. The van der Waals surface area contributed by atoms with Gasteiger partial charge in [-0.2, -0.15) is 5.10 Å². The van der Waals surface area contributed by atoms with Crippen LogP contribution in [-0.4, -0.2) is 11.2 Å². The van der Waals surface area contributed by atoms with Crippen LogP contribution in [0.1, 0.15) is 32.1 Å². The van der Waals surface area contributed by atoms with Crippen molar-refractivity contribution >= 4 is 23.4 Å². The van der Waals surface area contributed by atoms with Crippen LogP contribution in [0.15, 0.2) is 5.10 Å². The fourth-order valence-electron chi connectivity index (χ4n) is 3.95. The van der Waals surface area contributed by atoms with E-state index in [0.29, 0.717) is 0 Å². The summed E-state index contributed by atoms with van der Waals surface area (Å²) in [7, 11) is 0. The van der Waals surface area contributed by atoms with E-state index in [-0.39, 0.29) is 0 Å². The Bertz CT molecular complexity index is 255. The van der Waals surface area contributed by atoms with E-state index in [2.05, 4.69) is 10.5 Å². The van der Waals surface area contributed by atoms with Crippen LogP contribution < -0.4 is 5.43 Å². The van der Waals surface area contributed by atoms with E-state index in [4.69, 9.17) is 12.2 Å². The van der Waals surface area contributed by atoms with Gasteiger partial charge in [0.1, 0.15) is 0 Å². The fourth-order valence-corrected chi connectivity index (χ4v) is 4.00. The van der Waals surface area contributed by atoms with Gasteiger partial charge in [-0.1, -0.05) is 12.2 Å². The predicted octanol–water partition coefficient (Wildman–Crippen LogP) is 2.35. The minimum atomic E-state index is 0.786. The molecule has 0 amide bonds. The van der Waals surface area contributed by atoms with Gasteiger partial charge in [0.25, 0.3) is 0 Å². The zero-order chi connectivity index (χ0) is 9.54. The van der Waals surface area contributed by atoms with Gasteiger partial charge in [-0.25, -0.2) is 0 Å². The van der Waals surface area contributed by atoms with E-state index in [1.54, 1.807) is 0 Å². The maximum atomic E-state index is 4.74. The molecule has 4 bridgehead atoms. The van der Waals surface area contributed by atoms with Crippen molar-refractivity contribution in [3.8, 4) is 0 Å². The summed E-state index contributed by atoms with van der Waals surface area (Å²) in [6.07, 6.45) is 7.08. The molecule has 0 unspecified atom stereocenters. The van der Waals surface area contributed by atoms with Crippen LogP contribution in [0.2, 0.25) is 0 Å². The highest BCUT2D eigenvalue weighted by atomic mass is 32.1. The third-order valence-corrected chi connectivity index (χ3v) is 4.33. The van der Waals surface area contributed by atoms with Gasteiger partial charge < -0.3 is 0 Å². The molecule has 2 nitrogen and oxygen atoms in total. The SMILES string of the molecule is S=CNN=C1C2CC3CC(C2)CC1C3. The highest BCUT2D eigenvalue weighted by Gasteiger charge is 2.46. The molecule has 14 heavy (non-hydrogen) atoms. The van der Waals surface area contributed by atoms with Crippen LogP contribution in [0.4, 0.5) is 0 Å². The van der Waals surface area contributed by atoms with Crippen molar-refractivity contribution in [2.45, 2.75) is 32.1 Å². The maximum absolute atomic E-state index is 4.74. The first-order chi connectivity index (χ1) is 6.86. The predicted molar refractivity (Wildman–Crippen MR) is 61.3 cm³/mol. The minimum Gasteiger partial charge on any atom is -0.275 e. The second-order valence-corrected chi connectivity index (χ2v) is 5.32. The van der Waals surface area contributed by atoms with Gasteiger partial charge in [0, 0.05) is 5.71 Å².